The van der Waals surface area contributed by atoms with Crippen LogP contribution >= 0.6 is 0 Å². The van der Waals surface area contributed by atoms with Crippen LogP contribution in [0.2, 0.25) is 0 Å². The van der Waals surface area contributed by atoms with Gasteiger partial charge in [-0.25, -0.2) is 4.79 Å². The van der Waals surface area contributed by atoms with Crippen LogP contribution in [0.4, 0.5) is 16.2 Å². The van der Waals surface area contributed by atoms with Gasteiger partial charge in [0.1, 0.15) is 17.5 Å². The molecule has 4 rings (SSSR count). The number of aliphatic imine (C=N–C) groups is 1. The molecule has 0 saturated carbocycles. The van der Waals surface area contributed by atoms with Gasteiger partial charge >= 0.3 is 6.09 Å². The molecule has 0 bridgehead atoms. The highest BCUT2D eigenvalue weighted by Crippen LogP contribution is 2.35. The van der Waals surface area contributed by atoms with Crippen LogP contribution < -0.4 is 16.5 Å². The minimum atomic E-state index is -0.666. The quantitative estimate of drug-likeness (QED) is 0.637. The third-order valence-electron chi connectivity index (χ3n) is 5.11. The van der Waals surface area contributed by atoms with Crippen LogP contribution in [0.1, 0.15) is 49.4 Å². The summed E-state index contributed by atoms with van der Waals surface area (Å²) in [6, 6.07) is 9.55. The zero-order valence-corrected chi connectivity index (χ0v) is 18.7. The molecule has 1 aromatic heterocycles. The Balaban J connectivity index is 1.80. The summed E-state index contributed by atoms with van der Waals surface area (Å²) in [4.78, 5) is 31.9. The molecule has 2 aromatic rings. The number of nitrogen functional groups attached to an aromatic ring is 1. The summed E-state index contributed by atoms with van der Waals surface area (Å²) in [6.07, 6.45) is 2.93. The SMILES string of the molecule is CC1N=C(c2c(Nc3ccccc3)c3c(n2N)CN(C(=O)OC(C)(C)C)CC3=O)C=CN1. The van der Waals surface area contributed by atoms with Crippen molar-refractivity contribution in [1.82, 2.24) is 14.9 Å². The number of ketones is 1. The summed E-state index contributed by atoms with van der Waals surface area (Å²) in [7, 11) is 0. The third kappa shape index (κ3) is 4.18. The number of fused-ring (bicyclic) bond motifs is 1. The topological polar surface area (TPSA) is 114 Å². The molecule has 1 atom stereocenters. The van der Waals surface area contributed by atoms with Crippen LogP contribution in [0.3, 0.4) is 0 Å². The monoisotopic (exact) mass is 436 g/mol. The van der Waals surface area contributed by atoms with Gasteiger partial charge in [0.05, 0.1) is 35.7 Å². The molecule has 1 amide bonds. The fourth-order valence-electron chi connectivity index (χ4n) is 3.77. The van der Waals surface area contributed by atoms with Crippen LogP contribution in [0.5, 0.6) is 0 Å². The maximum atomic E-state index is 13.3. The number of anilines is 2. The van der Waals surface area contributed by atoms with Crippen molar-refractivity contribution in [1.29, 1.82) is 0 Å². The second kappa shape index (κ2) is 8.07. The first kappa shape index (κ1) is 21.5. The van der Waals surface area contributed by atoms with Gasteiger partial charge in [-0.05, 0) is 45.9 Å². The first-order chi connectivity index (χ1) is 15.1. The van der Waals surface area contributed by atoms with Gasteiger partial charge in [0.15, 0.2) is 5.78 Å². The van der Waals surface area contributed by atoms with Crippen molar-refractivity contribution in [3.63, 3.8) is 0 Å². The number of nitrogens with zero attached hydrogens (tertiary/aromatic N) is 3. The molecule has 9 heteroatoms. The van der Waals surface area contributed by atoms with Gasteiger partial charge in [-0.15, -0.1) is 0 Å². The average Bonchev–Trinajstić information content (AvgIpc) is 2.99. The molecule has 2 aliphatic heterocycles. The molecule has 1 unspecified atom stereocenters. The number of para-hydroxylation sites is 1. The summed E-state index contributed by atoms with van der Waals surface area (Å²) >= 11 is 0. The number of carbonyl (C=O) groups is 2. The van der Waals surface area contributed by atoms with Crippen molar-refractivity contribution in [2.45, 2.75) is 46.0 Å². The molecule has 168 valence electrons. The second-order valence-corrected chi connectivity index (χ2v) is 8.86. The van der Waals surface area contributed by atoms with E-state index in [-0.39, 0.29) is 25.0 Å². The van der Waals surface area contributed by atoms with Gasteiger partial charge in [0.2, 0.25) is 0 Å². The lowest BCUT2D eigenvalue weighted by Gasteiger charge is -2.29. The molecular weight excluding hydrogens is 408 g/mol. The summed E-state index contributed by atoms with van der Waals surface area (Å²) in [5, 5.41) is 6.46. The van der Waals surface area contributed by atoms with Crippen molar-refractivity contribution in [3.05, 3.63) is 59.6 Å². The summed E-state index contributed by atoms with van der Waals surface area (Å²) in [5.74, 6) is 6.30. The lowest BCUT2D eigenvalue weighted by atomic mass is 10.0. The molecule has 0 fully saturated rings. The smallest absolute Gasteiger partial charge is 0.411 e. The van der Waals surface area contributed by atoms with Crippen LogP contribution in [0.25, 0.3) is 0 Å². The van der Waals surface area contributed by atoms with Crippen LogP contribution in [-0.2, 0) is 11.3 Å². The molecule has 3 heterocycles. The van der Waals surface area contributed by atoms with Gasteiger partial charge in [-0.3, -0.25) is 19.4 Å². The Labute approximate surface area is 186 Å². The van der Waals surface area contributed by atoms with Crippen LogP contribution in [0, 0.1) is 0 Å². The van der Waals surface area contributed by atoms with Crippen molar-refractivity contribution >= 4 is 29.0 Å². The molecule has 0 radical (unpaired) electrons. The average molecular weight is 437 g/mol. The Bertz CT molecular complexity index is 1110. The number of hydrogen-bond donors (Lipinski definition) is 3. The van der Waals surface area contributed by atoms with E-state index in [9.17, 15) is 9.59 Å². The fourth-order valence-corrected chi connectivity index (χ4v) is 3.77. The first-order valence-electron chi connectivity index (χ1n) is 10.5. The molecule has 1 aromatic carbocycles. The largest absolute Gasteiger partial charge is 0.444 e. The van der Waals surface area contributed by atoms with E-state index in [0.29, 0.717) is 28.4 Å². The number of hydrogen-bond acceptors (Lipinski definition) is 7. The van der Waals surface area contributed by atoms with E-state index in [2.05, 4.69) is 15.6 Å². The first-order valence-corrected chi connectivity index (χ1v) is 10.5. The number of ether oxygens (including phenoxy) is 1. The fraction of sp³-hybridized carbons (Fsp3) is 0.348. The van der Waals surface area contributed by atoms with E-state index in [0.717, 1.165) is 5.69 Å². The van der Waals surface area contributed by atoms with Gasteiger partial charge in [0.25, 0.3) is 0 Å². The molecule has 0 spiro atoms. The Morgan fingerprint density at radius 2 is 1.97 bits per heavy atom. The van der Waals surface area contributed by atoms with E-state index < -0.39 is 11.7 Å². The molecule has 0 saturated heterocycles. The number of allylic oxidation sites excluding steroid dienone is 1. The standard InChI is InChI=1S/C23H28N6O3/c1-14-25-11-10-16(26-14)21-20(27-15-8-6-5-7-9-15)19-17(29(21)24)12-28(13-18(19)30)22(31)32-23(2,3)4/h5-11,14,25,27H,12-13,24H2,1-4H3. The van der Waals surface area contributed by atoms with E-state index in [1.807, 2.05) is 43.3 Å². The summed E-state index contributed by atoms with van der Waals surface area (Å²) < 4.78 is 6.92. The van der Waals surface area contributed by atoms with Crippen molar-refractivity contribution in [2.24, 2.45) is 4.99 Å². The van der Waals surface area contributed by atoms with Gasteiger partial charge in [-0.2, -0.15) is 0 Å². The third-order valence-corrected chi connectivity index (χ3v) is 5.11. The van der Waals surface area contributed by atoms with Gasteiger partial charge < -0.3 is 21.2 Å². The number of aromatic nitrogens is 1. The normalized spacial score (nSPS) is 18.0. The van der Waals surface area contributed by atoms with Crippen LogP contribution in [0.15, 0.2) is 47.6 Å². The summed E-state index contributed by atoms with van der Waals surface area (Å²) in [6.45, 7) is 7.35. The van der Waals surface area contributed by atoms with E-state index in [4.69, 9.17) is 10.6 Å². The van der Waals surface area contributed by atoms with Gasteiger partial charge in [-0.1, -0.05) is 18.2 Å². The maximum absolute atomic E-state index is 13.3. The Morgan fingerprint density at radius 1 is 1.25 bits per heavy atom. The van der Waals surface area contributed by atoms with Crippen molar-refractivity contribution in [3.8, 4) is 0 Å². The predicted octanol–water partition coefficient (Wildman–Crippen LogP) is 3.13. The number of nitrogens with one attached hydrogen (secondary N) is 2. The minimum Gasteiger partial charge on any atom is -0.444 e. The number of nitrogens with two attached hydrogens (primary N) is 1. The highest BCUT2D eigenvalue weighted by atomic mass is 16.6. The highest BCUT2D eigenvalue weighted by Gasteiger charge is 2.37. The van der Waals surface area contributed by atoms with E-state index in [1.165, 1.54) is 9.58 Å². The summed E-state index contributed by atoms with van der Waals surface area (Å²) in [5.41, 5.74) is 2.96. The number of amides is 1. The molecule has 4 N–H and O–H groups in total. The molecular formula is C23H28N6O3. The van der Waals surface area contributed by atoms with E-state index >= 15 is 0 Å². The Morgan fingerprint density at radius 3 is 2.62 bits per heavy atom. The highest BCUT2D eigenvalue weighted by molar-refractivity contribution is 6.17. The zero-order chi connectivity index (χ0) is 23.0. The maximum Gasteiger partial charge on any atom is 0.411 e. The second-order valence-electron chi connectivity index (χ2n) is 8.86. The predicted molar refractivity (Wildman–Crippen MR) is 124 cm³/mol. The minimum absolute atomic E-state index is 0.0882. The lowest BCUT2D eigenvalue weighted by Crippen LogP contribution is -2.43. The Kier molecular flexibility index (Phi) is 5.41. The van der Waals surface area contributed by atoms with Crippen molar-refractivity contribution in [2.75, 3.05) is 17.7 Å². The molecule has 2 aliphatic rings. The molecule has 0 aliphatic carbocycles. The number of rotatable bonds is 3. The van der Waals surface area contributed by atoms with Crippen LogP contribution in [-0.4, -0.2) is 45.5 Å². The lowest BCUT2D eigenvalue weighted by molar-refractivity contribution is 0.0216. The number of benzene rings is 1. The van der Waals surface area contributed by atoms with E-state index in [1.54, 1.807) is 27.0 Å². The Hall–Kier alpha value is -3.75. The van der Waals surface area contributed by atoms with Crippen molar-refractivity contribution < 1.29 is 14.3 Å². The van der Waals surface area contributed by atoms with Gasteiger partial charge in [0, 0.05) is 11.9 Å². The molecule has 9 nitrogen and oxygen atoms in total. The number of carbonyl (C=O) groups excluding carboxylic acids is 2. The zero-order valence-electron chi connectivity index (χ0n) is 18.7. The number of Topliss-reactive ketones (excluding diaryl/α,β-unsaturated/α-hetero) is 1. The molecule has 32 heavy (non-hydrogen) atoms.